The number of benzene rings is 2. The van der Waals surface area contributed by atoms with E-state index in [2.05, 4.69) is 0 Å². The first-order chi connectivity index (χ1) is 10.8. The lowest BCUT2D eigenvalue weighted by Gasteiger charge is -2.11. The molecule has 2 aromatic rings. The van der Waals surface area contributed by atoms with Crippen molar-refractivity contribution in [3.8, 4) is 17.2 Å². The Morgan fingerprint density at radius 1 is 1.13 bits per heavy atom. The third-order valence-electron chi connectivity index (χ3n) is 2.83. The molecule has 0 aromatic heterocycles. The molecule has 0 bridgehead atoms. The molecule has 0 aliphatic heterocycles. The van der Waals surface area contributed by atoms with E-state index in [-0.39, 0.29) is 11.5 Å². The molecule has 2 aromatic carbocycles. The standard InChI is InChI=1S/C15H12F3NO4/c1-2-22-11-4-3-5-12(9-11)23-14-7-6-10(15(16,17)18)8-13(14)19(20)21/h3-9H,2H2,1H3. The molecule has 23 heavy (non-hydrogen) atoms. The van der Waals surface area contributed by atoms with Crippen molar-refractivity contribution in [1.82, 2.24) is 0 Å². The molecule has 0 radical (unpaired) electrons. The zero-order chi connectivity index (χ0) is 17.0. The zero-order valence-corrected chi connectivity index (χ0v) is 12.0. The van der Waals surface area contributed by atoms with E-state index in [9.17, 15) is 23.3 Å². The van der Waals surface area contributed by atoms with Crippen molar-refractivity contribution in [3.05, 3.63) is 58.1 Å². The van der Waals surface area contributed by atoms with Gasteiger partial charge in [-0.2, -0.15) is 13.2 Å². The van der Waals surface area contributed by atoms with Gasteiger partial charge in [-0.1, -0.05) is 6.07 Å². The first kappa shape index (κ1) is 16.6. The van der Waals surface area contributed by atoms with Gasteiger partial charge in [-0.05, 0) is 31.2 Å². The van der Waals surface area contributed by atoms with E-state index >= 15 is 0 Å². The minimum atomic E-state index is -4.67. The molecule has 0 atom stereocenters. The van der Waals surface area contributed by atoms with Crippen LogP contribution in [-0.2, 0) is 6.18 Å². The van der Waals surface area contributed by atoms with E-state index in [1.807, 2.05) is 0 Å². The van der Waals surface area contributed by atoms with Gasteiger partial charge in [0.2, 0.25) is 5.75 Å². The Hall–Kier alpha value is -2.77. The Kier molecular flexibility index (Phi) is 4.73. The van der Waals surface area contributed by atoms with E-state index in [1.54, 1.807) is 19.1 Å². The van der Waals surface area contributed by atoms with Crippen molar-refractivity contribution in [1.29, 1.82) is 0 Å². The maximum Gasteiger partial charge on any atom is 0.416 e. The molecular formula is C15H12F3NO4. The number of hydrogen-bond acceptors (Lipinski definition) is 4. The summed E-state index contributed by atoms with van der Waals surface area (Å²) < 4.78 is 48.5. The van der Waals surface area contributed by atoms with Gasteiger partial charge in [0, 0.05) is 12.1 Å². The van der Waals surface area contributed by atoms with Crippen LogP contribution in [0.4, 0.5) is 18.9 Å². The van der Waals surface area contributed by atoms with Gasteiger partial charge in [0.25, 0.3) is 0 Å². The number of alkyl halides is 3. The molecule has 2 rings (SSSR count). The Morgan fingerprint density at radius 3 is 2.43 bits per heavy atom. The number of nitrogens with zero attached hydrogens (tertiary/aromatic N) is 1. The normalized spacial score (nSPS) is 11.1. The van der Waals surface area contributed by atoms with Crippen LogP contribution in [0.5, 0.6) is 17.2 Å². The highest BCUT2D eigenvalue weighted by atomic mass is 19.4. The summed E-state index contributed by atoms with van der Waals surface area (Å²) in [5.41, 5.74) is -1.87. The van der Waals surface area contributed by atoms with Gasteiger partial charge in [-0.15, -0.1) is 0 Å². The average Bonchev–Trinajstić information content (AvgIpc) is 2.47. The van der Waals surface area contributed by atoms with Gasteiger partial charge < -0.3 is 9.47 Å². The second-order valence-electron chi connectivity index (χ2n) is 4.45. The molecule has 0 saturated carbocycles. The Balaban J connectivity index is 2.36. The molecule has 8 heteroatoms. The average molecular weight is 327 g/mol. The molecule has 0 N–H and O–H groups in total. The summed E-state index contributed by atoms with van der Waals surface area (Å²) in [6, 6.07) is 8.38. The molecule has 0 aliphatic carbocycles. The summed E-state index contributed by atoms with van der Waals surface area (Å²) in [7, 11) is 0. The summed E-state index contributed by atoms with van der Waals surface area (Å²) in [4.78, 5) is 10.1. The van der Waals surface area contributed by atoms with Crippen LogP contribution < -0.4 is 9.47 Å². The van der Waals surface area contributed by atoms with Crippen LogP contribution in [0.1, 0.15) is 12.5 Å². The van der Waals surface area contributed by atoms with Gasteiger partial charge in [-0.3, -0.25) is 10.1 Å². The number of halogens is 3. The fourth-order valence-electron chi connectivity index (χ4n) is 1.84. The van der Waals surface area contributed by atoms with Crippen LogP contribution in [0.25, 0.3) is 0 Å². The smallest absolute Gasteiger partial charge is 0.416 e. The Bertz CT molecular complexity index is 716. The fraction of sp³-hybridized carbons (Fsp3) is 0.200. The van der Waals surface area contributed by atoms with Crippen LogP contribution in [0, 0.1) is 10.1 Å². The summed E-state index contributed by atoms with van der Waals surface area (Å²) in [5.74, 6) is 0.426. The van der Waals surface area contributed by atoms with Crippen molar-refractivity contribution in [2.45, 2.75) is 13.1 Å². The van der Waals surface area contributed by atoms with Gasteiger partial charge in [-0.25, -0.2) is 0 Å². The van der Waals surface area contributed by atoms with E-state index < -0.39 is 22.4 Å². The van der Waals surface area contributed by atoms with E-state index in [0.29, 0.717) is 18.4 Å². The molecular weight excluding hydrogens is 315 g/mol. The van der Waals surface area contributed by atoms with Crippen LogP contribution in [-0.4, -0.2) is 11.5 Å². The molecule has 122 valence electrons. The summed E-state index contributed by atoms with van der Waals surface area (Å²) in [5, 5.41) is 11.0. The van der Waals surface area contributed by atoms with Crippen molar-refractivity contribution in [2.75, 3.05) is 6.61 Å². The van der Waals surface area contributed by atoms with Crippen LogP contribution in [0.15, 0.2) is 42.5 Å². The van der Waals surface area contributed by atoms with Gasteiger partial charge in [0.1, 0.15) is 11.5 Å². The van der Waals surface area contributed by atoms with Crippen molar-refractivity contribution >= 4 is 5.69 Å². The number of nitro groups is 1. The summed E-state index contributed by atoms with van der Waals surface area (Å²) in [6.07, 6.45) is -4.67. The first-order valence-corrected chi connectivity index (χ1v) is 6.57. The van der Waals surface area contributed by atoms with E-state index in [0.717, 1.165) is 12.1 Å². The van der Waals surface area contributed by atoms with Crippen molar-refractivity contribution in [3.63, 3.8) is 0 Å². The zero-order valence-electron chi connectivity index (χ0n) is 12.0. The molecule has 0 aliphatic rings. The minimum absolute atomic E-state index is 0.221. The van der Waals surface area contributed by atoms with E-state index in [4.69, 9.17) is 9.47 Å². The first-order valence-electron chi connectivity index (χ1n) is 6.57. The monoisotopic (exact) mass is 327 g/mol. The molecule has 0 amide bonds. The molecule has 5 nitrogen and oxygen atoms in total. The van der Waals surface area contributed by atoms with Crippen LogP contribution in [0.3, 0.4) is 0 Å². The molecule has 0 saturated heterocycles. The Labute approximate surface area is 129 Å². The lowest BCUT2D eigenvalue weighted by atomic mass is 10.2. The lowest BCUT2D eigenvalue weighted by molar-refractivity contribution is -0.385. The highest BCUT2D eigenvalue weighted by Crippen LogP contribution is 2.38. The number of hydrogen-bond donors (Lipinski definition) is 0. The van der Waals surface area contributed by atoms with E-state index in [1.165, 1.54) is 12.1 Å². The largest absolute Gasteiger partial charge is 0.494 e. The molecule has 0 fully saturated rings. The minimum Gasteiger partial charge on any atom is -0.494 e. The predicted molar refractivity (Wildman–Crippen MR) is 75.8 cm³/mol. The predicted octanol–water partition coefficient (Wildman–Crippen LogP) is 4.80. The topological polar surface area (TPSA) is 61.6 Å². The van der Waals surface area contributed by atoms with Gasteiger partial charge >= 0.3 is 11.9 Å². The Morgan fingerprint density at radius 2 is 1.83 bits per heavy atom. The highest BCUT2D eigenvalue weighted by Gasteiger charge is 2.33. The number of ether oxygens (including phenoxy) is 2. The van der Waals surface area contributed by atoms with Gasteiger partial charge in [0.05, 0.1) is 17.1 Å². The van der Waals surface area contributed by atoms with Gasteiger partial charge in [0.15, 0.2) is 0 Å². The molecule has 0 spiro atoms. The van der Waals surface area contributed by atoms with Crippen LogP contribution >= 0.6 is 0 Å². The summed E-state index contributed by atoms with van der Waals surface area (Å²) in [6.45, 7) is 2.21. The quantitative estimate of drug-likeness (QED) is 0.584. The van der Waals surface area contributed by atoms with Crippen molar-refractivity contribution < 1.29 is 27.6 Å². The second kappa shape index (κ2) is 6.55. The third kappa shape index (κ3) is 4.12. The maximum atomic E-state index is 12.6. The number of rotatable bonds is 5. The molecule has 0 unspecified atom stereocenters. The SMILES string of the molecule is CCOc1cccc(Oc2ccc(C(F)(F)F)cc2[N+](=O)[O-])c1. The second-order valence-corrected chi connectivity index (χ2v) is 4.45. The lowest BCUT2D eigenvalue weighted by Crippen LogP contribution is -2.06. The van der Waals surface area contributed by atoms with Crippen LogP contribution in [0.2, 0.25) is 0 Å². The maximum absolute atomic E-state index is 12.6. The third-order valence-corrected chi connectivity index (χ3v) is 2.83. The summed E-state index contributed by atoms with van der Waals surface area (Å²) >= 11 is 0. The number of nitro benzene ring substituents is 1. The highest BCUT2D eigenvalue weighted by molar-refractivity contribution is 5.51. The molecule has 0 heterocycles. The van der Waals surface area contributed by atoms with Crippen molar-refractivity contribution in [2.24, 2.45) is 0 Å². The fourth-order valence-corrected chi connectivity index (χ4v) is 1.84.